The van der Waals surface area contributed by atoms with Crippen molar-refractivity contribution in [2.45, 2.75) is 78.1 Å². The zero-order chi connectivity index (χ0) is 16.8. The van der Waals surface area contributed by atoms with Gasteiger partial charge in [0.25, 0.3) is 0 Å². The van der Waals surface area contributed by atoms with Crippen molar-refractivity contribution in [3.8, 4) is 0 Å². The van der Waals surface area contributed by atoms with Crippen molar-refractivity contribution in [1.82, 2.24) is 0 Å². The van der Waals surface area contributed by atoms with Crippen molar-refractivity contribution in [2.24, 2.45) is 0 Å². The molecule has 0 bridgehead atoms. The minimum absolute atomic E-state index is 0.398. The van der Waals surface area contributed by atoms with Crippen LogP contribution in [0.4, 0.5) is 0 Å². The normalized spacial score (nSPS) is 11.8. The zero-order valence-electron chi connectivity index (χ0n) is 14.7. The lowest BCUT2D eigenvalue weighted by atomic mass is 9.97. The minimum Gasteiger partial charge on any atom is -0.466 e. The summed E-state index contributed by atoms with van der Waals surface area (Å²) in [4.78, 5) is 24.0. The zero-order valence-corrected chi connectivity index (χ0v) is 14.7. The van der Waals surface area contributed by atoms with Gasteiger partial charge < -0.3 is 9.47 Å². The summed E-state index contributed by atoms with van der Waals surface area (Å²) >= 11 is 0. The van der Waals surface area contributed by atoms with Crippen LogP contribution in [0.25, 0.3) is 0 Å². The molecule has 128 valence electrons. The predicted octanol–water partition coefficient (Wildman–Crippen LogP) is 4.57. The molecule has 0 saturated carbocycles. The second kappa shape index (κ2) is 13.4. The number of ether oxygens (including phenoxy) is 2. The molecule has 0 rings (SSSR count). The Kier molecular flexibility index (Phi) is 12.5. The average Bonchev–Trinajstić information content (AvgIpc) is 2.54. The number of carbonyl (C=O) groups excluding carboxylic acids is 2. The molecular formula is C18H32O4. The van der Waals surface area contributed by atoms with Gasteiger partial charge in [-0.05, 0) is 25.7 Å². The highest BCUT2D eigenvalue weighted by atomic mass is 16.5. The molecule has 0 aliphatic heterocycles. The van der Waals surface area contributed by atoms with Crippen molar-refractivity contribution in [2.75, 3.05) is 14.2 Å². The molecule has 0 N–H and O–H groups in total. The van der Waals surface area contributed by atoms with E-state index in [1.165, 1.54) is 39.9 Å². The van der Waals surface area contributed by atoms with E-state index in [2.05, 4.69) is 13.8 Å². The summed E-state index contributed by atoms with van der Waals surface area (Å²) in [5.41, 5.74) is 0.989. The summed E-state index contributed by atoms with van der Waals surface area (Å²) < 4.78 is 9.70. The first-order valence-corrected chi connectivity index (χ1v) is 8.50. The molecule has 0 amide bonds. The Balaban J connectivity index is 4.83. The standard InChI is InChI=1S/C18H32O4/c1-5-7-9-10-11-12-14-16(18(20)22-4)15(13-8-6-2)17(19)21-3/h5-14H2,1-4H3. The first-order valence-electron chi connectivity index (χ1n) is 8.50. The van der Waals surface area contributed by atoms with Crippen LogP contribution >= 0.6 is 0 Å². The predicted molar refractivity (Wildman–Crippen MR) is 88.6 cm³/mol. The summed E-state index contributed by atoms with van der Waals surface area (Å²) in [6, 6.07) is 0. The summed E-state index contributed by atoms with van der Waals surface area (Å²) in [6.07, 6.45) is 9.84. The Hall–Kier alpha value is -1.32. The fourth-order valence-corrected chi connectivity index (χ4v) is 2.43. The number of unbranched alkanes of at least 4 members (excludes halogenated alkanes) is 6. The Morgan fingerprint density at radius 3 is 1.50 bits per heavy atom. The largest absolute Gasteiger partial charge is 0.466 e. The van der Waals surface area contributed by atoms with Crippen LogP contribution in [0.5, 0.6) is 0 Å². The lowest BCUT2D eigenvalue weighted by Gasteiger charge is -2.12. The molecule has 0 fully saturated rings. The van der Waals surface area contributed by atoms with Gasteiger partial charge in [0, 0.05) is 11.1 Å². The van der Waals surface area contributed by atoms with Crippen molar-refractivity contribution in [1.29, 1.82) is 0 Å². The number of carbonyl (C=O) groups is 2. The van der Waals surface area contributed by atoms with E-state index in [1.807, 2.05) is 0 Å². The third-order valence-corrected chi connectivity index (χ3v) is 3.79. The monoisotopic (exact) mass is 312 g/mol. The van der Waals surface area contributed by atoms with Crippen molar-refractivity contribution in [3.05, 3.63) is 11.1 Å². The number of hydrogen-bond acceptors (Lipinski definition) is 4. The third kappa shape index (κ3) is 8.20. The van der Waals surface area contributed by atoms with Crippen LogP contribution in [0.3, 0.4) is 0 Å². The van der Waals surface area contributed by atoms with E-state index in [1.54, 1.807) is 0 Å². The molecule has 4 nitrogen and oxygen atoms in total. The lowest BCUT2D eigenvalue weighted by Crippen LogP contribution is -2.15. The Labute approximate surface area is 135 Å². The fourth-order valence-electron chi connectivity index (χ4n) is 2.43. The third-order valence-electron chi connectivity index (χ3n) is 3.79. The van der Waals surface area contributed by atoms with E-state index < -0.39 is 11.9 Å². The molecule has 0 aromatic rings. The molecule has 22 heavy (non-hydrogen) atoms. The van der Waals surface area contributed by atoms with E-state index in [4.69, 9.17) is 9.47 Å². The molecule has 0 spiro atoms. The maximum Gasteiger partial charge on any atom is 0.334 e. The van der Waals surface area contributed by atoms with Crippen LogP contribution in [-0.4, -0.2) is 26.2 Å². The van der Waals surface area contributed by atoms with Gasteiger partial charge in [0.05, 0.1) is 14.2 Å². The molecule has 0 heterocycles. The van der Waals surface area contributed by atoms with E-state index in [-0.39, 0.29) is 0 Å². The van der Waals surface area contributed by atoms with Gasteiger partial charge in [-0.25, -0.2) is 9.59 Å². The molecular weight excluding hydrogens is 280 g/mol. The summed E-state index contributed by atoms with van der Waals surface area (Å²) in [5, 5.41) is 0. The number of methoxy groups -OCH3 is 2. The second-order valence-corrected chi connectivity index (χ2v) is 5.56. The SMILES string of the molecule is CCCCCCCCC(C(=O)OC)=C(CCCC)C(=O)OC. The Bertz CT molecular complexity index is 358. The number of esters is 2. The van der Waals surface area contributed by atoms with Gasteiger partial charge in [-0.3, -0.25) is 0 Å². The number of rotatable bonds is 12. The van der Waals surface area contributed by atoms with Gasteiger partial charge in [0.15, 0.2) is 0 Å². The molecule has 0 unspecified atom stereocenters. The van der Waals surface area contributed by atoms with Gasteiger partial charge >= 0.3 is 11.9 Å². The van der Waals surface area contributed by atoms with Crippen molar-refractivity contribution in [3.63, 3.8) is 0 Å². The van der Waals surface area contributed by atoms with Crippen LogP contribution in [0.2, 0.25) is 0 Å². The van der Waals surface area contributed by atoms with Crippen molar-refractivity contribution < 1.29 is 19.1 Å². The Morgan fingerprint density at radius 1 is 0.636 bits per heavy atom. The quantitative estimate of drug-likeness (QED) is 0.301. The second-order valence-electron chi connectivity index (χ2n) is 5.56. The Morgan fingerprint density at radius 2 is 1.05 bits per heavy atom. The molecule has 0 aromatic carbocycles. The molecule has 0 saturated heterocycles. The van der Waals surface area contributed by atoms with Crippen LogP contribution in [-0.2, 0) is 19.1 Å². The maximum absolute atomic E-state index is 12.0. The highest BCUT2D eigenvalue weighted by molar-refractivity contribution is 6.00. The maximum atomic E-state index is 12.0. The molecule has 0 aliphatic rings. The van der Waals surface area contributed by atoms with E-state index in [0.717, 1.165) is 25.7 Å². The van der Waals surface area contributed by atoms with Crippen LogP contribution in [0.1, 0.15) is 78.1 Å². The highest BCUT2D eigenvalue weighted by Crippen LogP contribution is 2.21. The molecule has 0 aliphatic carbocycles. The van der Waals surface area contributed by atoms with Gasteiger partial charge in [-0.2, -0.15) is 0 Å². The lowest BCUT2D eigenvalue weighted by molar-refractivity contribution is -0.139. The minimum atomic E-state index is -0.403. The van der Waals surface area contributed by atoms with Crippen LogP contribution < -0.4 is 0 Å². The van der Waals surface area contributed by atoms with Crippen LogP contribution in [0, 0.1) is 0 Å². The molecule has 0 radical (unpaired) electrons. The van der Waals surface area contributed by atoms with Gasteiger partial charge in [-0.15, -0.1) is 0 Å². The van der Waals surface area contributed by atoms with Gasteiger partial charge in [0.2, 0.25) is 0 Å². The molecule has 0 aromatic heterocycles. The number of hydrogen-bond donors (Lipinski definition) is 0. The van der Waals surface area contributed by atoms with Crippen molar-refractivity contribution >= 4 is 11.9 Å². The first-order chi connectivity index (χ1) is 10.6. The summed E-state index contributed by atoms with van der Waals surface area (Å²) in [5.74, 6) is -0.801. The molecule has 4 heteroatoms. The average molecular weight is 312 g/mol. The highest BCUT2D eigenvalue weighted by Gasteiger charge is 2.21. The van der Waals surface area contributed by atoms with E-state index in [9.17, 15) is 9.59 Å². The summed E-state index contributed by atoms with van der Waals surface area (Å²) in [6.45, 7) is 4.24. The topological polar surface area (TPSA) is 52.6 Å². The van der Waals surface area contributed by atoms with E-state index in [0.29, 0.717) is 24.0 Å². The fraction of sp³-hybridized carbons (Fsp3) is 0.778. The van der Waals surface area contributed by atoms with E-state index >= 15 is 0 Å². The van der Waals surface area contributed by atoms with Crippen LogP contribution in [0.15, 0.2) is 11.1 Å². The van der Waals surface area contributed by atoms with Gasteiger partial charge in [-0.1, -0.05) is 52.4 Å². The first kappa shape index (κ1) is 20.7. The van der Waals surface area contributed by atoms with Gasteiger partial charge in [0.1, 0.15) is 0 Å². The molecule has 0 atom stereocenters. The summed E-state index contributed by atoms with van der Waals surface area (Å²) in [7, 11) is 2.71. The smallest absolute Gasteiger partial charge is 0.334 e.